The highest BCUT2D eigenvalue weighted by Gasteiger charge is 2.36. The Kier molecular flexibility index (Phi) is 3.09. The van der Waals surface area contributed by atoms with E-state index in [2.05, 4.69) is 18.8 Å². The molecule has 1 aliphatic heterocycles. The molecule has 1 fully saturated rings. The van der Waals surface area contributed by atoms with Gasteiger partial charge >= 0.3 is 0 Å². The Morgan fingerprint density at radius 3 is 2.47 bits per heavy atom. The summed E-state index contributed by atoms with van der Waals surface area (Å²) in [5, 5.41) is -0.0266. The van der Waals surface area contributed by atoms with Crippen LogP contribution in [0.25, 0.3) is 0 Å². The Hall–Kier alpha value is -1.14. The molecule has 1 saturated heterocycles. The molecule has 0 aromatic carbocycles. The number of sulfonamides is 1. The summed E-state index contributed by atoms with van der Waals surface area (Å²) in [6.45, 7) is 5.20. The van der Waals surface area contributed by atoms with Crippen molar-refractivity contribution in [2.24, 2.45) is 11.8 Å². The zero-order valence-electron chi connectivity index (χ0n) is 10.00. The van der Waals surface area contributed by atoms with E-state index in [9.17, 15) is 8.42 Å². The molecule has 6 heteroatoms. The second-order valence-corrected chi connectivity index (χ2v) is 6.53. The zero-order valence-corrected chi connectivity index (χ0v) is 10.8. The second kappa shape index (κ2) is 4.27. The van der Waals surface area contributed by atoms with E-state index in [4.69, 9.17) is 5.73 Å². The van der Waals surface area contributed by atoms with Crippen LogP contribution in [0, 0.1) is 11.8 Å². The SMILES string of the molecule is CC1CN(S(=O)(=O)c2ncccc2N)CC1C. The molecule has 2 N–H and O–H groups in total. The molecule has 0 amide bonds. The highest BCUT2D eigenvalue weighted by atomic mass is 32.2. The highest BCUT2D eigenvalue weighted by molar-refractivity contribution is 7.89. The smallest absolute Gasteiger partial charge is 0.262 e. The van der Waals surface area contributed by atoms with E-state index in [1.807, 2.05) is 0 Å². The lowest BCUT2D eigenvalue weighted by molar-refractivity contribution is 0.461. The third kappa shape index (κ3) is 2.14. The molecular formula is C11H17N3O2S. The van der Waals surface area contributed by atoms with Crippen LogP contribution in [0.15, 0.2) is 23.4 Å². The first kappa shape index (κ1) is 12.3. The van der Waals surface area contributed by atoms with E-state index in [1.165, 1.54) is 10.5 Å². The zero-order chi connectivity index (χ0) is 12.6. The Morgan fingerprint density at radius 1 is 1.35 bits per heavy atom. The summed E-state index contributed by atoms with van der Waals surface area (Å²) in [4.78, 5) is 3.89. The molecule has 0 aliphatic carbocycles. The van der Waals surface area contributed by atoms with Crippen LogP contribution in [0.2, 0.25) is 0 Å². The number of rotatable bonds is 2. The number of hydrogen-bond donors (Lipinski definition) is 1. The Morgan fingerprint density at radius 2 is 1.94 bits per heavy atom. The monoisotopic (exact) mass is 255 g/mol. The number of nitrogen functional groups attached to an aromatic ring is 1. The van der Waals surface area contributed by atoms with Crippen LogP contribution in [0.5, 0.6) is 0 Å². The quantitative estimate of drug-likeness (QED) is 0.853. The molecule has 0 saturated carbocycles. The average molecular weight is 255 g/mol. The van der Waals surface area contributed by atoms with Gasteiger partial charge in [-0.15, -0.1) is 0 Å². The number of nitrogens with zero attached hydrogens (tertiary/aromatic N) is 2. The van der Waals surface area contributed by atoms with E-state index in [-0.39, 0.29) is 10.7 Å². The van der Waals surface area contributed by atoms with Gasteiger partial charge in [-0.2, -0.15) is 4.31 Å². The Bertz CT molecular complexity index is 505. The van der Waals surface area contributed by atoms with Gasteiger partial charge in [0.1, 0.15) is 0 Å². The number of aromatic nitrogens is 1. The van der Waals surface area contributed by atoms with Crippen LogP contribution in [0.1, 0.15) is 13.8 Å². The van der Waals surface area contributed by atoms with Crippen molar-refractivity contribution < 1.29 is 8.42 Å². The molecule has 5 nitrogen and oxygen atoms in total. The molecule has 1 aromatic heterocycles. The fourth-order valence-electron chi connectivity index (χ4n) is 2.01. The van der Waals surface area contributed by atoms with Crippen LogP contribution in [0.3, 0.4) is 0 Å². The number of nitrogens with two attached hydrogens (primary N) is 1. The maximum atomic E-state index is 12.3. The molecule has 2 atom stereocenters. The minimum Gasteiger partial charge on any atom is -0.396 e. The van der Waals surface area contributed by atoms with Gasteiger partial charge in [-0.25, -0.2) is 13.4 Å². The third-order valence-electron chi connectivity index (χ3n) is 3.34. The Balaban J connectivity index is 2.36. The molecule has 0 spiro atoms. The summed E-state index contributed by atoms with van der Waals surface area (Å²) in [5.41, 5.74) is 5.88. The lowest BCUT2D eigenvalue weighted by Gasteiger charge is -2.16. The summed E-state index contributed by atoms with van der Waals surface area (Å²) in [6.07, 6.45) is 1.45. The van der Waals surface area contributed by atoms with Crippen LogP contribution in [-0.2, 0) is 10.0 Å². The second-order valence-electron chi connectivity index (χ2n) is 4.67. The van der Waals surface area contributed by atoms with Crippen molar-refractivity contribution in [1.82, 2.24) is 9.29 Å². The topological polar surface area (TPSA) is 76.3 Å². The normalized spacial score (nSPS) is 26.2. The van der Waals surface area contributed by atoms with Gasteiger partial charge in [0.15, 0.2) is 5.03 Å². The van der Waals surface area contributed by atoms with Crippen LogP contribution >= 0.6 is 0 Å². The molecule has 1 aromatic rings. The summed E-state index contributed by atoms with van der Waals surface area (Å²) >= 11 is 0. The maximum Gasteiger partial charge on any atom is 0.262 e. The van der Waals surface area contributed by atoms with E-state index in [1.54, 1.807) is 12.1 Å². The first-order valence-electron chi connectivity index (χ1n) is 5.63. The van der Waals surface area contributed by atoms with Crippen molar-refractivity contribution in [2.45, 2.75) is 18.9 Å². The van der Waals surface area contributed by atoms with Crippen molar-refractivity contribution in [3.63, 3.8) is 0 Å². The molecular weight excluding hydrogens is 238 g/mol. The predicted molar refractivity (Wildman–Crippen MR) is 65.7 cm³/mol. The molecule has 0 bridgehead atoms. The van der Waals surface area contributed by atoms with Crippen molar-refractivity contribution in [3.05, 3.63) is 18.3 Å². The summed E-state index contributed by atoms with van der Waals surface area (Å²) in [5.74, 6) is 0.740. The van der Waals surface area contributed by atoms with Crippen molar-refractivity contribution in [2.75, 3.05) is 18.8 Å². The fourth-order valence-corrected chi connectivity index (χ4v) is 3.68. The predicted octanol–water partition coefficient (Wildman–Crippen LogP) is 0.940. The minimum absolute atomic E-state index is 0.0266. The van der Waals surface area contributed by atoms with Gasteiger partial charge in [-0.05, 0) is 24.0 Å². The maximum absolute atomic E-state index is 12.3. The van der Waals surface area contributed by atoms with E-state index in [0.717, 1.165) is 0 Å². The number of hydrogen-bond acceptors (Lipinski definition) is 4. The van der Waals surface area contributed by atoms with Gasteiger partial charge in [0, 0.05) is 19.3 Å². The molecule has 17 heavy (non-hydrogen) atoms. The van der Waals surface area contributed by atoms with Crippen molar-refractivity contribution in [3.8, 4) is 0 Å². The van der Waals surface area contributed by atoms with Gasteiger partial charge in [0.05, 0.1) is 5.69 Å². The van der Waals surface area contributed by atoms with E-state index < -0.39 is 10.0 Å². The molecule has 2 heterocycles. The molecule has 2 unspecified atom stereocenters. The van der Waals surface area contributed by atoms with E-state index >= 15 is 0 Å². The van der Waals surface area contributed by atoms with Crippen molar-refractivity contribution in [1.29, 1.82) is 0 Å². The molecule has 2 rings (SSSR count). The summed E-state index contributed by atoms with van der Waals surface area (Å²) < 4.78 is 26.1. The van der Waals surface area contributed by atoms with Crippen LogP contribution in [0.4, 0.5) is 5.69 Å². The fraction of sp³-hybridized carbons (Fsp3) is 0.545. The molecule has 1 aliphatic rings. The molecule has 94 valence electrons. The van der Waals surface area contributed by atoms with Crippen LogP contribution < -0.4 is 5.73 Å². The molecule has 0 radical (unpaired) electrons. The first-order chi connectivity index (χ1) is 7.93. The van der Waals surface area contributed by atoms with E-state index in [0.29, 0.717) is 24.9 Å². The van der Waals surface area contributed by atoms with Gasteiger partial charge in [-0.3, -0.25) is 0 Å². The first-order valence-corrected chi connectivity index (χ1v) is 7.07. The van der Waals surface area contributed by atoms with Crippen LogP contribution in [-0.4, -0.2) is 30.8 Å². The van der Waals surface area contributed by atoms with Crippen molar-refractivity contribution >= 4 is 15.7 Å². The van der Waals surface area contributed by atoms with Gasteiger partial charge in [0.2, 0.25) is 0 Å². The highest BCUT2D eigenvalue weighted by Crippen LogP contribution is 2.28. The average Bonchev–Trinajstić information content (AvgIpc) is 2.60. The summed E-state index contributed by atoms with van der Waals surface area (Å²) in [7, 11) is -3.54. The van der Waals surface area contributed by atoms with Gasteiger partial charge < -0.3 is 5.73 Å². The van der Waals surface area contributed by atoms with Gasteiger partial charge in [-0.1, -0.05) is 13.8 Å². The summed E-state index contributed by atoms with van der Waals surface area (Å²) in [6, 6.07) is 3.19. The standard InChI is InChI=1S/C11H17N3O2S/c1-8-6-14(7-9(8)2)17(15,16)11-10(12)4-3-5-13-11/h3-5,8-9H,6-7,12H2,1-2H3. The lowest BCUT2D eigenvalue weighted by atomic mass is 10.0. The Labute approximate surface area is 102 Å². The van der Waals surface area contributed by atoms with Gasteiger partial charge in [0.25, 0.3) is 10.0 Å². The largest absolute Gasteiger partial charge is 0.396 e. The minimum atomic E-state index is -3.54. The number of pyridine rings is 1. The lowest BCUT2D eigenvalue weighted by Crippen LogP contribution is -2.30. The number of anilines is 1. The third-order valence-corrected chi connectivity index (χ3v) is 5.15.